The van der Waals surface area contributed by atoms with Crippen molar-refractivity contribution in [3.8, 4) is 5.75 Å². The van der Waals surface area contributed by atoms with Crippen molar-refractivity contribution >= 4 is 46.2 Å². The third-order valence-electron chi connectivity index (χ3n) is 3.19. The minimum atomic E-state index is -0.497. The summed E-state index contributed by atoms with van der Waals surface area (Å²) in [5, 5.41) is 10.3. The van der Waals surface area contributed by atoms with Gasteiger partial charge in [-0.3, -0.25) is 15.0 Å². The van der Waals surface area contributed by atoms with E-state index in [0.717, 1.165) is 16.8 Å². The number of allylic oxidation sites excluding steroid dienone is 2. The molecule has 2 N–H and O–H groups in total. The van der Waals surface area contributed by atoms with Crippen molar-refractivity contribution in [3.05, 3.63) is 71.0 Å². The second-order valence-electron chi connectivity index (χ2n) is 4.90. The number of rotatable bonds is 4. The van der Waals surface area contributed by atoms with Crippen LogP contribution < -0.4 is 5.43 Å². The van der Waals surface area contributed by atoms with Gasteiger partial charge in [-0.1, -0.05) is 17.8 Å². The predicted octanol–water partition coefficient (Wildman–Crippen LogP) is 3.09. The molecule has 1 aromatic carbocycles. The molecule has 1 aliphatic rings. The van der Waals surface area contributed by atoms with E-state index in [1.54, 1.807) is 36.6 Å². The number of benzene rings is 1. The third-order valence-corrected chi connectivity index (χ3v) is 4.51. The van der Waals surface area contributed by atoms with Crippen molar-refractivity contribution in [2.45, 2.75) is 0 Å². The van der Waals surface area contributed by atoms with Gasteiger partial charge in [0.1, 0.15) is 11.5 Å². The number of thioether (sulfide) groups is 1. The number of hydrogen-bond acceptors (Lipinski definition) is 6. The molecule has 0 radical (unpaired) electrons. The van der Waals surface area contributed by atoms with Crippen LogP contribution in [0.3, 0.4) is 0 Å². The highest BCUT2D eigenvalue weighted by molar-refractivity contribution is 8.26. The summed E-state index contributed by atoms with van der Waals surface area (Å²) in [4.78, 5) is 24.9. The first-order chi connectivity index (χ1) is 12.0. The van der Waals surface area contributed by atoms with Crippen LogP contribution in [0.1, 0.15) is 16.1 Å². The molecule has 1 aromatic heterocycles. The average Bonchev–Trinajstić information content (AvgIpc) is 3.20. The normalized spacial score (nSPS) is 16.2. The van der Waals surface area contributed by atoms with Crippen LogP contribution in [0, 0.1) is 0 Å². The number of phenolic OH excluding ortho intramolecular Hbond substituents is 1. The van der Waals surface area contributed by atoms with Crippen LogP contribution in [0.5, 0.6) is 5.75 Å². The van der Waals surface area contributed by atoms with Crippen LogP contribution in [0.25, 0.3) is 6.08 Å². The van der Waals surface area contributed by atoms with E-state index in [4.69, 9.17) is 16.6 Å². The average molecular weight is 372 g/mol. The molecule has 6 nitrogen and oxygen atoms in total. The second-order valence-corrected chi connectivity index (χ2v) is 6.58. The van der Waals surface area contributed by atoms with E-state index >= 15 is 0 Å². The summed E-state index contributed by atoms with van der Waals surface area (Å²) < 4.78 is 5.39. The summed E-state index contributed by atoms with van der Waals surface area (Å²) in [6.07, 6.45) is 6.54. The summed E-state index contributed by atoms with van der Waals surface area (Å²) in [5.41, 5.74) is 2.77. The zero-order valence-corrected chi connectivity index (χ0v) is 14.3. The lowest BCUT2D eigenvalue weighted by Crippen LogP contribution is -2.44. The highest BCUT2D eigenvalue weighted by Gasteiger charge is 2.33. The maximum atomic E-state index is 12.4. The highest BCUT2D eigenvalue weighted by atomic mass is 32.2. The van der Waals surface area contributed by atoms with E-state index < -0.39 is 11.8 Å². The largest absolute Gasteiger partial charge is 0.508 e. The van der Waals surface area contributed by atoms with Gasteiger partial charge in [0.2, 0.25) is 0 Å². The fourth-order valence-electron chi connectivity index (χ4n) is 1.97. The maximum Gasteiger partial charge on any atom is 0.285 e. The molecule has 8 heteroatoms. The molecular formula is C17H12N2O4S2. The van der Waals surface area contributed by atoms with E-state index in [1.807, 2.05) is 0 Å². The lowest BCUT2D eigenvalue weighted by atomic mass is 10.2. The Labute approximate surface area is 152 Å². The smallest absolute Gasteiger partial charge is 0.285 e. The van der Waals surface area contributed by atoms with Crippen LogP contribution in [0.2, 0.25) is 0 Å². The van der Waals surface area contributed by atoms with Crippen molar-refractivity contribution in [3.63, 3.8) is 0 Å². The molecule has 0 spiro atoms. The number of amides is 2. The van der Waals surface area contributed by atoms with E-state index in [9.17, 15) is 14.7 Å². The first kappa shape index (κ1) is 17.0. The molecule has 2 amide bonds. The fourth-order valence-corrected chi connectivity index (χ4v) is 3.10. The lowest BCUT2D eigenvalue weighted by Gasteiger charge is -2.15. The summed E-state index contributed by atoms with van der Waals surface area (Å²) in [6.45, 7) is 0. The highest BCUT2D eigenvalue weighted by Crippen LogP contribution is 2.29. The standard InChI is InChI=1S/C17H12N2O4S2/c20-12-8-6-11(7-9-12)15(21)18-19-16(22)14(25-17(19)24)5-1-3-13-4-2-10-23-13/h1-10,20H,(H,18,21)/b3-1+,14-5-. The molecule has 0 unspecified atom stereocenters. The zero-order valence-electron chi connectivity index (χ0n) is 12.7. The van der Waals surface area contributed by atoms with E-state index in [-0.39, 0.29) is 10.1 Å². The van der Waals surface area contributed by atoms with Gasteiger partial charge in [-0.05, 0) is 60.8 Å². The van der Waals surface area contributed by atoms with Gasteiger partial charge in [0.25, 0.3) is 11.8 Å². The zero-order chi connectivity index (χ0) is 17.8. The van der Waals surface area contributed by atoms with E-state index in [1.165, 1.54) is 24.3 Å². The van der Waals surface area contributed by atoms with Crippen molar-refractivity contribution in [1.29, 1.82) is 0 Å². The molecule has 3 rings (SSSR count). The molecule has 1 saturated heterocycles. The molecule has 25 heavy (non-hydrogen) atoms. The number of nitrogens with zero attached hydrogens (tertiary/aromatic N) is 1. The molecule has 126 valence electrons. The number of aromatic hydroxyl groups is 1. The Balaban J connectivity index is 1.68. The van der Waals surface area contributed by atoms with Gasteiger partial charge in [-0.2, -0.15) is 5.01 Å². The second kappa shape index (κ2) is 7.37. The van der Waals surface area contributed by atoms with E-state index in [0.29, 0.717) is 16.2 Å². The van der Waals surface area contributed by atoms with Crippen molar-refractivity contribution in [2.75, 3.05) is 0 Å². The molecule has 0 saturated carbocycles. The molecule has 2 heterocycles. The Hall–Kier alpha value is -2.84. The van der Waals surface area contributed by atoms with Crippen LogP contribution in [0.4, 0.5) is 0 Å². The number of carbonyl (C=O) groups excluding carboxylic acids is 2. The molecule has 1 fully saturated rings. The molecule has 0 bridgehead atoms. The SMILES string of the molecule is O=C(NN1C(=O)/C(=C/C=C/c2ccco2)SC1=S)c1ccc(O)cc1. The van der Waals surface area contributed by atoms with Crippen LogP contribution in [-0.4, -0.2) is 26.3 Å². The summed E-state index contributed by atoms with van der Waals surface area (Å²) in [5.74, 6) is -0.198. The predicted molar refractivity (Wildman–Crippen MR) is 98.4 cm³/mol. The Morgan fingerprint density at radius 3 is 2.72 bits per heavy atom. The minimum Gasteiger partial charge on any atom is -0.508 e. The van der Waals surface area contributed by atoms with Gasteiger partial charge in [-0.25, -0.2) is 0 Å². The van der Waals surface area contributed by atoms with Crippen molar-refractivity contribution < 1.29 is 19.1 Å². The minimum absolute atomic E-state index is 0.0495. The van der Waals surface area contributed by atoms with Crippen molar-refractivity contribution in [2.24, 2.45) is 0 Å². The fraction of sp³-hybridized carbons (Fsp3) is 0. The van der Waals surface area contributed by atoms with Crippen LogP contribution in [0.15, 0.2) is 64.1 Å². The first-order valence-electron chi connectivity index (χ1n) is 7.13. The number of carbonyl (C=O) groups is 2. The van der Waals surface area contributed by atoms with Crippen LogP contribution >= 0.6 is 24.0 Å². The van der Waals surface area contributed by atoms with Gasteiger partial charge in [0.15, 0.2) is 4.32 Å². The molecular weight excluding hydrogens is 360 g/mol. The monoisotopic (exact) mass is 372 g/mol. The summed E-state index contributed by atoms with van der Waals surface area (Å²) in [6, 6.07) is 9.22. The quantitative estimate of drug-likeness (QED) is 0.634. The third kappa shape index (κ3) is 3.98. The number of thiocarbonyl (C=S) groups is 1. The number of nitrogens with one attached hydrogen (secondary N) is 1. The number of hydrogen-bond donors (Lipinski definition) is 2. The Morgan fingerprint density at radius 1 is 1.28 bits per heavy atom. The number of furan rings is 1. The summed E-state index contributed by atoms with van der Waals surface area (Å²) >= 11 is 6.23. The number of hydrazine groups is 1. The lowest BCUT2D eigenvalue weighted by molar-refractivity contribution is -0.123. The van der Waals surface area contributed by atoms with Gasteiger partial charge in [-0.15, -0.1) is 0 Å². The topological polar surface area (TPSA) is 82.8 Å². The van der Waals surface area contributed by atoms with E-state index in [2.05, 4.69) is 5.43 Å². The first-order valence-corrected chi connectivity index (χ1v) is 8.35. The van der Waals surface area contributed by atoms with Crippen LogP contribution in [-0.2, 0) is 4.79 Å². The molecule has 1 aliphatic heterocycles. The van der Waals surface area contributed by atoms with Gasteiger partial charge >= 0.3 is 0 Å². The Morgan fingerprint density at radius 2 is 2.04 bits per heavy atom. The molecule has 0 aliphatic carbocycles. The van der Waals surface area contributed by atoms with Crippen molar-refractivity contribution in [1.82, 2.24) is 10.4 Å². The molecule has 0 atom stereocenters. The van der Waals surface area contributed by atoms with Gasteiger partial charge in [0.05, 0.1) is 11.2 Å². The van der Waals surface area contributed by atoms with Gasteiger partial charge < -0.3 is 9.52 Å². The number of phenols is 1. The summed E-state index contributed by atoms with van der Waals surface area (Å²) in [7, 11) is 0. The molecule has 2 aromatic rings. The Kier molecular flexibility index (Phi) is 5.01. The maximum absolute atomic E-state index is 12.4. The Bertz CT molecular complexity index is 871. The van der Waals surface area contributed by atoms with Gasteiger partial charge in [0, 0.05) is 5.56 Å².